The minimum Gasteiger partial charge on any atom is -0.357 e. The minimum atomic E-state index is -0.429. The lowest BCUT2D eigenvalue weighted by Gasteiger charge is -2.06. The Labute approximate surface area is 101 Å². The Balaban J connectivity index is 3.68. The van der Waals surface area contributed by atoms with Crippen LogP contribution in [0.4, 0.5) is 0 Å². The molecule has 0 aromatic carbocycles. The van der Waals surface area contributed by atoms with Crippen molar-refractivity contribution in [2.24, 2.45) is 9.98 Å². The molecule has 0 aromatic rings. The van der Waals surface area contributed by atoms with Gasteiger partial charge >= 0.3 is 0 Å². The van der Waals surface area contributed by atoms with E-state index in [2.05, 4.69) is 20.6 Å². The first-order valence-electron chi connectivity index (χ1n) is 5.25. The lowest BCUT2D eigenvalue weighted by molar-refractivity contribution is -0.121. The van der Waals surface area contributed by atoms with Gasteiger partial charge in [0.25, 0.3) is 0 Å². The highest BCUT2D eigenvalue weighted by atomic mass is 16.2. The summed E-state index contributed by atoms with van der Waals surface area (Å²) in [5.74, 6) is -0.146. The summed E-state index contributed by atoms with van der Waals surface area (Å²) in [7, 11) is 3.25. The van der Waals surface area contributed by atoms with Crippen LogP contribution in [0.3, 0.4) is 0 Å². The second-order valence-corrected chi connectivity index (χ2v) is 3.36. The molecule has 7 nitrogen and oxygen atoms in total. The summed E-state index contributed by atoms with van der Waals surface area (Å²) in [5, 5.41) is 5.21. The summed E-state index contributed by atoms with van der Waals surface area (Å²) in [5.41, 5.74) is 0. The maximum absolute atomic E-state index is 11.1. The molecule has 0 rings (SSSR count). The summed E-state index contributed by atoms with van der Waals surface area (Å²) >= 11 is 0. The van der Waals surface area contributed by atoms with Crippen molar-refractivity contribution in [3.05, 3.63) is 0 Å². The van der Waals surface area contributed by atoms with Crippen molar-refractivity contribution in [3.63, 3.8) is 0 Å². The molecule has 17 heavy (non-hydrogen) atoms. The highest BCUT2D eigenvalue weighted by molar-refractivity contribution is 5.83. The lowest BCUT2D eigenvalue weighted by Crippen LogP contribution is -2.29. The smallest absolute Gasteiger partial charge is 0.244 e. The minimum absolute atomic E-state index is 0.146. The first-order chi connectivity index (χ1) is 8.11. The zero-order valence-electron chi connectivity index (χ0n) is 10.4. The zero-order valence-corrected chi connectivity index (χ0v) is 10.4. The molecule has 2 amide bonds. The van der Waals surface area contributed by atoms with Crippen LogP contribution in [-0.4, -0.2) is 63.1 Å². The molecular weight excluding hydrogens is 222 g/mol. The molecule has 0 bridgehead atoms. The zero-order chi connectivity index (χ0) is 13.1. The van der Waals surface area contributed by atoms with Gasteiger partial charge in [-0.1, -0.05) is 0 Å². The first kappa shape index (κ1) is 15.1. The summed E-state index contributed by atoms with van der Waals surface area (Å²) < 4.78 is 0. The molecular formula is C10H19N5O2. The monoisotopic (exact) mass is 241 g/mol. The number of carbonyl (C=O) groups is 2. The second-order valence-electron chi connectivity index (χ2n) is 3.36. The number of hydrogen-bond donors (Lipinski definition) is 2. The number of amides is 2. The van der Waals surface area contributed by atoms with E-state index in [-0.39, 0.29) is 5.91 Å². The predicted octanol–water partition coefficient (Wildman–Crippen LogP) is -1.14. The normalized spacial score (nSPS) is 12.6. The molecule has 7 heteroatoms. The van der Waals surface area contributed by atoms with Gasteiger partial charge in [0.05, 0.1) is 19.2 Å². The van der Waals surface area contributed by atoms with Crippen LogP contribution in [0.1, 0.15) is 6.92 Å². The number of likely N-dealkylation sites (N-methyl/N-ethyl adjacent to an activating group) is 2. The topological polar surface area (TPSA) is 86.2 Å². The van der Waals surface area contributed by atoms with Crippen LogP contribution >= 0.6 is 0 Å². The van der Waals surface area contributed by atoms with Gasteiger partial charge in [0, 0.05) is 20.6 Å². The van der Waals surface area contributed by atoms with Gasteiger partial charge in [-0.15, -0.1) is 0 Å². The number of nitrogens with zero attached hydrogens (tertiary/aromatic N) is 3. The van der Waals surface area contributed by atoms with E-state index >= 15 is 0 Å². The quantitative estimate of drug-likeness (QED) is 0.320. The van der Waals surface area contributed by atoms with Gasteiger partial charge in [0.15, 0.2) is 0 Å². The Kier molecular flexibility index (Phi) is 8.26. The fourth-order valence-electron chi connectivity index (χ4n) is 0.850. The van der Waals surface area contributed by atoms with Gasteiger partial charge in [-0.2, -0.15) is 0 Å². The summed E-state index contributed by atoms with van der Waals surface area (Å²) in [6, 6.07) is -0.429. The molecule has 1 unspecified atom stereocenters. The molecule has 0 saturated heterocycles. The summed E-state index contributed by atoms with van der Waals surface area (Å²) in [4.78, 5) is 30.7. The van der Waals surface area contributed by atoms with Gasteiger partial charge in [0.2, 0.25) is 12.3 Å². The van der Waals surface area contributed by atoms with Gasteiger partial charge in [-0.05, 0) is 6.92 Å². The second kappa shape index (κ2) is 9.32. The van der Waals surface area contributed by atoms with Crippen LogP contribution in [0, 0.1) is 0 Å². The van der Waals surface area contributed by atoms with E-state index in [9.17, 15) is 9.59 Å². The van der Waals surface area contributed by atoms with E-state index in [0.717, 1.165) is 6.41 Å². The molecule has 0 fully saturated rings. The number of aliphatic imine (C=N–C) groups is 2. The van der Waals surface area contributed by atoms with Crippen molar-refractivity contribution in [3.8, 4) is 0 Å². The lowest BCUT2D eigenvalue weighted by atomic mass is 10.3. The number of carbonyl (C=O) groups excluding carboxylic acids is 2. The van der Waals surface area contributed by atoms with Crippen LogP contribution in [0.15, 0.2) is 9.98 Å². The van der Waals surface area contributed by atoms with Gasteiger partial charge in [0.1, 0.15) is 6.04 Å². The van der Waals surface area contributed by atoms with Gasteiger partial charge in [-0.3, -0.25) is 19.6 Å². The molecule has 0 aliphatic carbocycles. The predicted molar refractivity (Wildman–Crippen MR) is 67.2 cm³/mol. The maximum atomic E-state index is 11.1. The van der Waals surface area contributed by atoms with Crippen LogP contribution in [-0.2, 0) is 9.59 Å². The first-order valence-corrected chi connectivity index (χ1v) is 5.25. The summed E-state index contributed by atoms with van der Waals surface area (Å²) in [6.45, 7) is 2.77. The molecule has 0 saturated carbocycles. The van der Waals surface area contributed by atoms with Crippen molar-refractivity contribution >= 4 is 25.0 Å². The fourth-order valence-corrected chi connectivity index (χ4v) is 0.850. The molecule has 96 valence electrons. The third kappa shape index (κ3) is 7.95. The Hall–Kier alpha value is -1.92. The van der Waals surface area contributed by atoms with Crippen LogP contribution in [0.25, 0.3) is 0 Å². The Morgan fingerprint density at radius 1 is 1.47 bits per heavy atom. The molecule has 0 heterocycles. The van der Waals surface area contributed by atoms with Crippen LogP contribution in [0.2, 0.25) is 0 Å². The third-order valence-corrected chi connectivity index (χ3v) is 1.93. The van der Waals surface area contributed by atoms with E-state index in [1.54, 1.807) is 21.0 Å². The van der Waals surface area contributed by atoms with Crippen molar-refractivity contribution in [1.82, 2.24) is 15.5 Å². The van der Waals surface area contributed by atoms with E-state index in [0.29, 0.717) is 13.1 Å². The largest absolute Gasteiger partial charge is 0.357 e. The Morgan fingerprint density at radius 3 is 2.76 bits per heavy atom. The Morgan fingerprint density at radius 2 is 2.18 bits per heavy atom. The van der Waals surface area contributed by atoms with Crippen molar-refractivity contribution < 1.29 is 9.59 Å². The molecule has 0 aliphatic heterocycles. The Bertz CT molecular complexity index is 290. The molecule has 2 N–H and O–H groups in total. The van der Waals surface area contributed by atoms with Crippen molar-refractivity contribution in [1.29, 1.82) is 0 Å². The summed E-state index contributed by atoms with van der Waals surface area (Å²) in [6.07, 6.45) is 3.63. The van der Waals surface area contributed by atoms with Gasteiger partial charge < -0.3 is 15.5 Å². The third-order valence-electron chi connectivity index (χ3n) is 1.93. The highest BCUT2D eigenvalue weighted by Crippen LogP contribution is 1.85. The molecule has 1 atom stereocenters. The molecule has 0 aliphatic rings. The average Bonchev–Trinajstić information content (AvgIpc) is 2.35. The van der Waals surface area contributed by atoms with Crippen LogP contribution < -0.4 is 10.6 Å². The van der Waals surface area contributed by atoms with E-state index in [1.807, 2.05) is 0 Å². The highest BCUT2D eigenvalue weighted by Gasteiger charge is 2.06. The molecule has 0 aromatic heterocycles. The average molecular weight is 241 g/mol. The number of nitrogens with one attached hydrogen (secondary N) is 2. The van der Waals surface area contributed by atoms with E-state index in [1.165, 1.54) is 17.6 Å². The molecule has 0 radical (unpaired) electrons. The van der Waals surface area contributed by atoms with E-state index in [4.69, 9.17) is 0 Å². The number of hydrogen-bond acceptors (Lipinski definition) is 4. The van der Waals surface area contributed by atoms with Crippen LogP contribution in [0.5, 0.6) is 0 Å². The molecule has 0 spiro atoms. The van der Waals surface area contributed by atoms with Crippen molar-refractivity contribution in [2.75, 3.05) is 27.2 Å². The van der Waals surface area contributed by atoms with E-state index < -0.39 is 6.04 Å². The standard InChI is InChI=1S/C10H19N5O2/c1-9(10(17)11-2)14-7-13-6-12-4-5-15(3)8-16/h6-9H,4-5H2,1-3H3,(H,11,17)(H,12,13,14). The SMILES string of the molecule is CNC(=O)C(C)N=CNC=NCCN(C)C=O. The maximum Gasteiger partial charge on any atom is 0.244 e. The fraction of sp³-hybridized carbons (Fsp3) is 0.600. The van der Waals surface area contributed by atoms with Gasteiger partial charge in [-0.25, -0.2) is 0 Å². The number of rotatable bonds is 8. The van der Waals surface area contributed by atoms with Crippen molar-refractivity contribution in [2.45, 2.75) is 13.0 Å².